The topological polar surface area (TPSA) is 97.5 Å². The van der Waals surface area contributed by atoms with Crippen LogP contribution in [0.4, 0.5) is 5.69 Å². The van der Waals surface area contributed by atoms with E-state index < -0.39 is 16.7 Å². The predicted molar refractivity (Wildman–Crippen MR) is 84.3 cm³/mol. The number of nitro benzene ring substituents is 1. The minimum atomic E-state index is -1.10. The maximum atomic E-state index is 12.7. The van der Waals surface area contributed by atoms with Gasteiger partial charge >= 0.3 is 5.97 Å². The summed E-state index contributed by atoms with van der Waals surface area (Å²) in [6.07, 6.45) is 8.38. The minimum absolute atomic E-state index is 0.0421. The van der Waals surface area contributed by atoms with Crippen LogP contribution in [0, 0.1) is 16.0 Å². The molecular formula is C17H15NO5. The van der Waals surface area contributed by atoms with Crippen molar-refractivity contribution in [3.63, 3.8) is 0 Å². The second-order valence-corrected chi connectivity index (χ2v) is 5.22. The van der Waals surface area contributed by atoms with E-state index in [2.05, 4.69) is 0 Å². The average Bonchev–Trinajstić information content (AvgIpc) is 2.71. The van der Waals surface area contributed by atoms with Gasteiger partial charge in [0.15, 0.2) is 5.78 Å². The van der Waals surface area contributed by atoms with Gasteiger partial charge in [0.25, 0.3) is 5.69 Å². The molecule has 1 aliphatic carbocycles. The standard InChI is InChI=1S/C17H15NO5/c1-11-3-2-4-12(6-5-11)17(21)15-10-14(18(22)23)8-7-13(15)9-16(19)20/h2-8,10-11H,9H2,1H3,(H,19,20). The summed E-state index contributed by atoms with van der Waals surface area (Å²) in [7, 11) is 0. The lowest BCUT2D eigenvalue weighted by Gasteiger charge is -2.07. The van der Waals surface area contributed by atoms with Gasteiger partial charge in [-0.25, -0.2) is 0 Å². The lowest BCUT2D eigenvalue weighted by Crippen LogP contribution is -2.10. The van der Waals surface area contributed by atoms with Gasteiger partial charge in [-0.15, -0.1) is 0 Å². The highest BCUT2D eigenvalue weighted by Gasteiger charge is 2.20. The van der Waals surface area contributed by atoms with Gasteiger partial charge in [-0.1, -0.05) is 43.4 Å². The van der Waals surface area contributed by atoms with Crippen molar-refractivity contribution in [2.45, 2.75) is 13.3 Å². The van der Waals surface area contributed by atoms with E-state index in [9.17, 15) is 19.7 Å². The van der Waals surface area contributed by atoms with E-state index in [0.717, 1.165) is 6.07 Å². The van der Waals surface area contributed by atoms with Crippen LogP contribution in [0.2, 0.25) is 0 Å². The third-order valence-corrected chi connectivity index (χ3v) is 3.42. The summed E-state index contributed by atoms with van der Waals surface area (Å²) in [5.41, 5.74) is 0.409. The van der Waals surface area contributed by atoms with Crippen LogP contribution in [-0.4, -0.2) is 21.8 Å². The number of benzene rings is 1. The Morgan fingerprint density at radius 1 is 1.30 bits per heavy atom. The first-order valence-corrected chi connectivity index (χ1v) is 6.99. The molecule has 0 radical (unpaired) electrons. The van der Waals surface area contributed by atoms with Crippen LogP contribution >= 0.6 is 0 Å². The Kier molecular flexibility index (Phi) is 4.85. The van der Waals surface area contributed by atoms with Crippen molar-refractivity contribution in [1.82, 2.24) is 0 Å². The van der Waals surface area contributed by atoms with Crippen LogP contribution in [0.1, 0.15) is 22.8 Å². The van der Waals surface area contributed by atoms with Crippen LogP contribution in [0.25, 0.3) is 0 Å². The molecule has 0 aromatic heterocycles. The van der Waals surface area contributed by atoms with Crippen molar-refractivity contribution in [3.05, 3.63) is 75.4 Å². The molecular weight excluding hydrogens is 298 g/mol. The lowest BCUT2D eigenvalue weighted by molar-refractivity contribution is -0.384. The first-order valence-electron chi connectivity index (χ1n) is 6.99. The number of rotatable bonds is 5. The largest absolute Gasteiger partial charge is 0.481 e. The van der Waals surface area contributed by atoms with Crippen molar-refractivity contribution < 1.29 is 19.6 Å². The van der Waals surface area contributed by atoms with Gasteiger partial charge in [-0.3, -0.25) is 19.7 Å². The Morgan fingerprint density at radius 2 is 2.04 bits per heavy atom. The number of ketones is 1. The summed E-state index contributed by atoms with van der Waals surface area (Å²) in [4.78, 5) is 33.9. The normalized spacial score (nSPS) is 16.6. The molecule has 1 aromatic rings. The number of hydrogen-bond acceptors (Lipinski definition) is 4. The Balaban J connectivity index is 2.48. The highest BCUT2D eigenvalue weighted by Crippen LogP contribution is 2.23. The number of aliphatic carboxylic acids is 1. The van der Waals surface area contributed by atoms with E-state index in [1.165, 1.54) is 12.1 Å². The molecule has 0 saturated carbocycles. The van der Waals surface area contributed by atoms with E-state index in [0.29, 0.717) is 5.57 Å². The van der Waals surface area contributed by atoms with Crippen LogP contribution in [-0.2, 0) is 11.2 Å². The molecule has 1 aromatic carbocycles. The zero-order valence-corrected chi connectivity index (χ0v) is 12.4. The molecule has 0 spiro atoms. The van der Waals surface area contributed by atoms with Gasteiger partial charge in [0, 0.05) is 23.3 Å². The second kappa shape index (κ2) is 6.83. The van der Waals surface area contributed by atoms with Crippen molar-refractivity contribution in [1.29, 1.82) is 0 Å². The zero-order chi connectivity index (χ0) is 17.0. The zero-order valence-electron chi connectivity index (χ0n) is 12.4. The molecule has 0 saturated heterocycles. The Hall–Kier alpha value is -3.02. The number of nitro groups is 1. The maximum Gasteiger partial charge on any atom is 0.307 e. The molecule has 1 N–H and O–H groups in total. The number of carbonyl (C=O) groups excluding carboxylic acids is 1. The van der Waals surface area contributed by atoms with E-state index in [1.54, 1.807) is 18.2 Å². The summed E-state index contributed by atoms with van der Waals surface area (Å²) in [6.45, 7) is 1.96. The van der Waals surface area contributed by atoms with E-state index >= 15 is 0 Å². The van der Waals surface area contributed by atoms with Crippen LogP contribution in [0.15, 0.2) is 54.2 Å². The Labute approximate surface area is 132 Å². The maximum absolute atomic E-state index is 12.7. The molecule has 118 valence electrons. The van der Waals surface area contributed by atoms with Gasteiger partial charge in [0.1, 0.15) is 0 Å². The number of carboxylic acid groups (broad SMARTS) is 1. The predicted octanol–water partition coefficient (Wildman–Crippen LogP) is 3.09. The summed E-state index contributed by atoms with van der Waals surface area (Å²) >= 11 is 0. The van der Waals surface area contributed by atoms with E-state index in [4.69, 9.17) is 5.11 Å². The van der Waals surface area contributed by atoms with E-state index in [-0.39, 0.29) is 29.2 Å². The monoisotopic (exact) mass is 313 g/mol. The average molecular weight is 313 g/mol. The summed E-state index contributed by atoms with van der Waals surface area (Å²) in [6, 6.07) is 3.65. The highest BCUT2D eigenvalue weighted by molar-refractivity contribution is 6.12. The fourth-order valence-corrected chi connectivity index (χ4v) is 2.22. The number of carboxylic acids is 1. The molecule has 23 heavy (non-hydrogen) atoms. The first-order chi connectivity index (χ1) is 10.9. The minimum Gasteiger partial charge on any atom is -0.481 e. The van der Waals surface area contributed by atoms with Crippen molar-refractivity contribution >= 4 is 17.4 Å². The smallest absolute Gasteiger partial charge is 0.307 e. The molecule has 1 aliphatic rings. The highest BCUT2D eigenvalue weighted by atomic mass is 16.6. The molecule has 1 atom stereocenters. The van der Waals surface area contributed by atoms with Crippen molar-refractivity contribution in [2.75, 3.05) is 0 Å². The fourth-order valence-electron chi connectivity index (χ4n) is 2.22. The first kappa shape index (κ1) is 16.4. The van der Waals surface area contributed by atoms with Gasteiger partial charge in [-0.05, 0) is 11.5 Å². The van der Waals surface area contributed by atoms with Gasteiger partial charge in [0.05, 0.1) is 11.3 Å². The molecule has 6 nitrogen and oxygen atoms in total. The van der Waals surface area contributed by atoms with Crippen LogP contribution in [0.3, 0.4) is 0 Å². The lowest BCUT2D eigenvalue weighted by atomic mass is 9.95. The Bertz CT molecular complexity index is 758. The van der Waals surface area contributed by atoms with Crippen LogP contribution in [0.5, 0.6) is 0 Å². The Morgan fingerprint density at radius 3 is 2.70 bits per heavy atom. The molecule has 0 heterocycles. The van der Waals surface area contributed by atoms with Gasteiger partial charge in [0.2, 0.25) is 0 Å². The van der Waals surface area contributed by atoms with Gasteiger partial charge < -0.3 is 5.11 Å². The molecule has 6 heteroatoms. The summed E-state index contributed by atoms with van der Waals surface area (Å²) in [5, 5.41) is 19.9. The fraction of sp³-hybridized carbons (Fsp3) is 0.176. The molecule has 2 rings (SSSR count). The van der Waals surface area contributed by atoms with Gasteiger partial charge in [-0.2, -0.15) is 0 Å². The molecule has 1 unspecified atom stereocenters. The second-order valence-electron chi connectivity index (χ2n) is 5.22. The van der Waals surface area contributed by atoms with Crippen molar-refractivity contribution in [3.8, 4) is 0 Å². The molecule has 0 amide bonds. The summed E-state index contributed by atoms with van der Waals surface area (Å²) < 4.78 is 0. The van der Waals surface area contributed by atoms with Crippen molar-refractivity contribution in [2.24, 2.45) is 5.92 Å². The van der Waals surface area contributed by atoms with E-state index in [1.807, 2.05) is 19.1 Å². The number of allylic oxidation sites excluding steroid dienone is 6. The number of non-ortho nitro benzene ring substituents is 1. The molecule has 0 aliphatic heterocycles. The SMILES string of the molecule is CC1C=CC=C(C(=O)c2cc([N+](=O)[O-])ccc2CC(=O)O)C=C1. The van der Waals surface area contributed by atoms with Crippen LogP contribution < -0.4 is 0 Å². The number of nitrogens with zero attached hydrogens (tertiary/aromatic N) is 1. The number of Topliss-reactive ketones (excluding diaryl/α,β-unsaturated/α-hetero) is 1. The summed E-state index contributed by atoms with van der Waals surface area (Å²) in [5.74, 6) is -1.37. The number of hydrogen-bond donors (Lipinski definition) is 1. The molecule has 0 fully saturated rings. The third-order valence-electron chi connectivity index (χ3n) is 3.42. The molecule has 0 bridgehead atoms. The number of carbonyl (C=O) groups is 2. The third kappa shape index (κ3) is 4.00. The quantitative estimate of drug-likeness (QED) is 0.512.